The molecule has 0 aliphatic heterocycles. The smallest absolute Gasteiger partial charge is 0.0551 e. The van der Waals surface area contributed by atoms with Crippen molar-refractivity contribution in [2.24, 2.45) is 23.7 Å². The van der Waals surface area contributed by atoms with Gasteiger partial charge >= 0.3 is 0 Å². The molecule has 3 fully saturated rings. The summed E-state index contributed by atoms with van der Waals surface area (Å²) in [6.07, 6.45) is 20.1. The van der Waals surface area contributed by atoms with E-state index in [1.807, 2.05) is 0 Å². The zero-order chi connectivity index (χ0) is 17.6. The molecule has 3 N–H and O–H groups in total. The van der Waals surface area contributed by atoms with E-state index in [1.54, 1.807) is 0 Å². The number of aliphatic hydroxyl groups is 3. The van der Waals surface area contributed by atoms with E-state index >= 15 is 0 Å². The minimum Gasteiger partial charge on any atom is -0.393 e. The van der Waals surface area contributed by atoms with Crippen molar-refractivity contribution in [1.82, 2.24) is 0 Å². The third-order valence-corrected chi connectivity index (χ3v) is 6.55. The molecule has 0 aromatic carbocycles. The molecule has 3 rings (SSSR count). The summed E-state index contributed by atoms with van der Waals surface area (Å²) in [6.45, 7) is 0. The molecule has 3 aliphatic rings. The van der Waals surface area contributed by atoms with Crippen molar-refractivity contribution in [1.29, 1.82) is 0 Å². The Morgan fingerprint density at radius 1 is 0.400 bits per heavy atom. The van der Waals surface area contributed by atoms with Gasteiger partial charge in [0.1, 0.15) is 0 Å². The Bertz CT molecular complexity index is 402. The zero-order valence-electron chi connectivity index (χ0n) is 15.5. The lowest BCUT2D eigenvalue weighted by atomic mass is 9.77. The van der Waals surface area contributed by atoms with Gasteiger partial charge in [0.2, 0.25) is 0 Å². The Morgan fingerprint density at radius 3 is 1.16 bits per heavy atom. The standard InChI is InChI=1S/C22H36O3/c23-20-9-5-16(6-10-20)1-3-18-13-19(15-22(25)14-18)4-2-17-7-11-21(24)12-8-17/h1-4,16-25H,5-15H2/b3-1+,4-2+. The van der Waals surface area contributed by atoms with Crippen molar-refractivity contribution in [3.05, 3.63) is 24.3 Å². The number of allylic oxidation sites excluding steroid dienone is 4. The van der Waals surface area contributed by atoms with Crippen molar-refractivity contribution in [2.75, 3.05) is 0 Å². The molecule has 0 heterocycles. The molecule has 25 heavy (non-hydrogen) atoms. The summed E-state index contributed by atoms with van der Waals surface area (Å²) in [4.78, 5) is 0. The maximum absolute atomic E-state index is 10.3. The van der Waals surface area contributed by atoms with Crippen LogP contribution < -0.4 is 0 Å². The van der Waals surface area contributed by atoms with E-state index in [2.05, 4.69) is 24.3 Å². The van der Waals surface area contributed by atoms with Crippen molar-refractivity contribution >= 4 is 0 Å². The summed E-state index contributed by atoms with van der Waals surface area (Å²) in [5.41, 5.74) is 0. The molecular weight excluding hydrogens is 312 g/mol. The molecule has 142 valence electrons. The van der Waals surface area contributed by atoms with Gasteiger partial charge in [-0.25, -0.2) is 0 Å². The third kappa shape index (κ3) is 6.23. The quantitative estimate of drug-likeness (QED) is 0.674. The fourth-order valence-electron chi connectivity index (χ4n) is 4.91. The van der Waals surface area contributed by atoms with Crippen LogP contribution in [-0.2, 0) is 0 Å². The largest absolute Gasteiger partial charge is 0.393 e. The molecule has 0 bridgehead atoms. The Morgan fingerprint density at radius 2 is 0.760 bits per heavy atom. The normalized spacial score (nSPS) is 43.7. The van der Waals surface area contributed by atoms with E-state index in [0.29, 0.717) is 23.7 Å². The van der Waals surface area contributed by atoms with Gasteiger partial charge in [0.25, 0.3) is 0 Å². The lowest BCUT2D eigenvalue weighted by molar-refractivity contribution is 0.0938. The van der Waals surface area contributed by atoms with Crippen LogP contribution in [0, 0.1) is 23.7 Å². The average Bonchev–Trinajstić information content (AvgIpc) is 2.60. The van der Waals surface area contributed by atoms with Crippen LogP contribution in [-0.4, -0.2) is 33.6 Å². The fraction of sp³-hybridized carbons (Fsp3) is 0.818. The van der Waals surface area contributed by atoms with Crippen LogP contribution in [0.4, 0.5) is 0 Å². The van der Waals surface area contributed by atoms with Crippen LogP contribution >= 0.6 is 0 Å². The van der Waals surface area contributed by atoms with E-state index in [1.165, 1.54) is 0 Å². The lowest BCUT2D eigenvalue weighted by Gasteiger charge is -2.30. The first kappa shape index (κ1) is 19.1. The molecule has 0 amide bonds. The van der Waals surface area contributed by atoms with Crippen molar-refractivity contribution in [3.8, 4) is 0 Å². The van der Waals surface area contributed by atoms with Crippen LogP contribution in [0.5, 0.6) is 0 Å². The van der Waals surface area contributed by atoms with E-state index in [4.69, 9.17) is 0 Å². The van der Waals surface area contributed by atoms with E-state index < -0.39 is 0 Å². The van der Waals surface area contributed by atoms with Crippen molar-refractivity contribution in [2.45, 2.75) is 88.9 Å². The summed E-state index contributed by atoms with van der Waals surface area (Å²) in [5, 5.41) is 29.5. The SMILES string of the molecule is OC1CCC(/C=C/C2CC(O)CC(/C=C/C3CCC(O)CC3)C2)CC1. The fourth-order valence-corrected chi connectivity index (χ4v) is 4.91. The second kappa shape index (κ2) is 9.34. The lowest BCUT2D eigenvalue weighted by Crippen LogP contribution is -2.25. The van der Waals surface area contributed by atoms with Gasteiger partial charge in [-0.2, -0.15) is 0 Å². The predicted molar refractivity (Wildman–Crippen MR) is 101 cm³/mol. The Balaban J connectivity index is 1.47. The first-order chi connectivity index (χ1) is 12.1. The van der Waals surface area contributed by atoms with Gasteiger partial charge in [-0.15, -0.1) is 0 Å². The van der Waals surface area contributed by atoms with Gasteiger partial charge in [-0.3, -0.25) is 0 Å². The average molecular weight is 349 g/mol. The molecule has 0 aromatic rings. The second-order valence-electron chi connectivity index (χ2n) is 8.79. The zero-order valence-corrected chi connectivity index (χ0v) is 15.5. The summed E-state index contributed by atoms with van der Waals surface area (Å²) in [5.74, 6) is 2.20. The summed E-state index contributed by atoms with van der Waals surface area (Å²) < 4.78 is 0. The van der Waals surface area contributed by atoms with Crippen LogP contribution in [0.25, 0.3) is 0 Å². The van der Waals surface area contributed by atoms with E-state index in [-0.39, 0.29) is 18.3 Å². The minimum absolute atomic E-state index is 0.0865. The van der Waals surface area contributed by atoms with Crippen LogP contribution in [0.2, 0.25) is 0 Å². The maximum Gasteiger partial charge on any atom is 0.0551 e. The van der Waals surface area contributed by atoms with Crippen molar-refractivity contribution in [3.63, 3.8) is 0 Å². The molecule has 2 atom stereocenters. The third-order valence-electron chi connectivity index (χ3n) is 6.55. The Kier molecular flexibility index (Phi) is 7.15. The highest BCUT2D eigenvalue weighted by molar-refractivity contribution is 5.02. The minimum atomic E-state index is -0.181. The number of aliphatic hydroxyl groups excluding tert-OH is 3. The van der Waals surface area contributed by atoms with Gasteiger partial charge in [0, 0.05) is 0 Å². The van der Waals surface area contributed by atoms with Gasteiger partial charge in [0.05, 0.1) is 18.3 Å². The molecule has 2 unspecified atom stereocenters. The summed E-state index contributed by atoms with van der Waals surface area (Å²) in [6, 6.07) is 0. The highest BCUT2D eigenvalue weighted by atomic mass is 16.3. The van der Waals surface area contributed by atoms with E-state index in [9.17, 15) is 15.3 Å². The highest BCUT2D eigenvalue weighted by Gasteiger charge is 2.26. The topological polar surface area (TPSA) is 60.7 Å². The predicted octanol–water partition coefficient (Wildman–Crippen LogP) is 3.98. The van der Waals surface area contributed by atoms with Gasteiger partial charge in [-0.05, 0) is 94.3 Å². The van der Waals surface area contributed by atoms with Gasteiger partial charge in [0.15, 0.2) is 0 Å². The van der Waals surface area contributed by atoms with Crippen LogP contribution in [0.3, 0.4) is 0 Å². The number of hydrogen-bond acceptors (Lipinski definition) is 3. The molecular formula is C22H36O3. The highest BCUT2D eigenvalue weighted by Crippen LogP contribution is 2.34. The first-order valence-corrected chi connectivity index (χ1v) is 10.5. The van der Waals surface area contributed by atoms with Crippen LogP contribution in [0.15, 0.2) is 24.3 Å². The first-order valence-electron chi connectivity index (χ1n) is 10.5. The van der Waals surface area contributed by atoms with Crippen molar-refractivity contribution < 1.29 is 15.3 Å². The monoisotopic (exact) mass is 348 g/mol. The van der Waals surface area contributed by atoms with Gasteiger partial charge in [-0.1, -0.05) is 24.3 Å². The van der Waals surface area contributed by atoms with Crippen LogP contribution in [0.1, 0.15) is 70.6 Å². The maximum atomic E-state index is 10.3. The van der Waals surface area contributed by atoms with Gasteiger partial charge < -0.3 is 15.3 Å². The number of hydrogen-bond donors (Lipinski definition) is 3. The van der Waals surface area contributed by atoms with E-state index in [0.717, 1.165) is 70.6 Å². The molecule has 3 saturated carbocycles. The summed E-state index contributed by atoms with van der Waals surface area (Å²) in [7, 11) is 0. The molecule has 0 saturated heterocycles. The summed E-state index contributed by atoms with van der Waals surface area (Å²) >= 11 is 0. The molecule has 3 nitrogen and oxygen atoms in total. The molecule has 0 spiro atoms. The molecule has 3 heteroatoms. The Labute approximate surface area is 152 Å². The second-order valence-corrected chi connectivity index (χ2v) is 8.79. The molecule has 3 aliphatic carbocycles. The number of rotatable bonds is 4. The Hall–Kier alpha value is -0.640. The molecule has 0 aromatic heterocycles. The molecule has 0 radical (unpaired) electrons.